The Kier molecular flexibility index (Phi) is 4.58. The third-order valence-corrected chi connectivity index (χ3v) is 3.93. The van der Waals surface area contributed by atoms with Crippen LogP contribution in [0.5, 0.6) is 0 Å². The smallest absolute Gasteiger partial charge is 0.303 e. The maximum absolute atomic E-state index is 11.1. The van der Waals surface area contributed by atoms with Crippen molar-refractivity contribution in [2.45, 2.75) is 44.6 Å². The number of hydrogen-bond acceptors (Lipinski definition) is 3. The first-order valence-corrected chi connectivity index (χ1v) is 6.87. The molecular weight excluding hydrogens is 232 g/mol. The highest BCUT2D eigenvalue weighted by Crippen LogP contribution is 2.22. The molecule has 0 saturated carbocycles. The van der Waals surface area contributed by atoms with Crippen LogP contribution < -0.4 is 5.32 Å². The highest BCUT2D eigenvalue weighted by Gasteiger charge is 2.26. The highest BCUT2D eigenvalue weighted by molar-refractivity contribution is 5.78. The summed E-state index contributed by atoms with van der Waals surface area (Å²) in [5.41, 5.74) is 0. The van der Waals surface area contributed by atoms with E-state index in [2.05, 4.69) is 10.2 Å². The van der Waals surface area contributed by atoms with Crippen LogP contribution in [0.2, 0.25) is 0 Å². The van der Waals surface area contributed by atoms with Crippen molar-refractivity contribution in [1.29, 1.82) is 0 Å². The van der Waals surface area contributed by atoms with Crippen LogP contribution in [0.3, 0.4) is 0 Å². The average Bonchev–Trinajstić information content (AvgIpc) is 2.73. The third-order valence-electron chi connectivity index (χ3n) is 3.93. The van der Waals surface area contributed by atoms with Gasteiger partial charge in [-0.25, -0.2) is 0 Å². The first-order valence-electron chi connectivity index (χ1n) is 6.87. The van der Waals surface area contributed by atoms with Crippen LogP contribution in [0.25, 0.3) is 0 Å². The Morgan fingerprint density at radius 2 is 2.28 bits per heavy atom. The van der Waals surface area contributed by atoms with E-state index in [0.717, 1.165) is 45.3 Å². The predicted octanol–water partition coefficient (Wildman–Crippen LogP) is 0.842. The van der Waals surface area contributed by atoms with Crippen LogP contribution in [0, 0.1) is 5.92 Å². The molecule has 2 fully saturated rings. The van der Waals surface area contributed by atoms with Gasteiger partial charge in [0, 0.05) is 32.0 Å². The molecule has 1 amide bonds. The van der Waals surface area contributed by atoms with Crippen LogP contribution in [0.4, 0.5) is 0 Å². The molecule has 0 aromatic carbocycles. The number of carboxylic acids is 1. The Bertz CT molecular complexity index is 319. The van der Waals surface area contributed by atoms with Gasteiger partial charge >= 0.3 is 5.97 Å². The Morgan fingerprint density at radius 3 is 2.94 bits per heavy atom. The van der Waals surface area contributed by atoms with Gasteiger partial charge in [-0.1, -0.05) is 0 Å². The van der Waals surface area contributed by atoms with Crippen molar-refractivity contribution in [1.82, 2.24) is 10.2 Å². The fourth-order valence-corrected chi connectivity index (χ4v) is 3.01. The van der Waals surface area contributed by atoms with Crippen molar-refractivity contribution in [2.24, 2.45) is 5.92 Å². The second kappa shape index (κ2) is 6.18. The molecule has 0 aromatic rings. The van der Waals surface area contributed by atoms with Gasteiger partial charge in [-0.3, -0.25) is 9.59 Å². The Hall–Kier alpha value is -1.10. The van der Waals surface area contributed by atoms with Crippen LogP contribution >= 0.6 is 0 Å². The number of carbonyl (C=O) groups excluding carboxylic acids is 1. The molecular formula is C13H22N2O3. The topological polar surface area (TPSA) is 69.6 Å². The molecule has 5 nitrogen and oxygen atoms in total. The maximum atomic E-state index is 11.1. The van der Waals surface area contributed by atoms with Gasteiger partial charge in [0.15, 0.2) is 0 Å². The van der Waals surface area contributed by atoms with Crippen LogP contribution in [0.15, 0.2) is 0 Å². The van der Waals surface area contributed by atoms with Gasteiger partial charge in [-0.15, -0.1) is 0 Å². The standard InChI is InChI=1S/C13H22N2O3/c16-12-5-4-11(14-12)9-15-7-1-2-10(8-15)3-6-13(17)18/h10-11H,1-9H2,(H,14,16)(H,17,18). The number of aliphatic carboxylic acids is 1. The predicted molar refractivity (Wildman–Crippen MR) is 67.2 cm³/mol. The van der Waals surface area contributed by atoms with Crippen LogP contribution in [0.1, 0.15) is 38.5 Å². The normalized spacial score (nSPS) is 29.2. The van der Waals surface area contributed by atoms with Gasteiger partial charge in [-0.2, -0.15) is 0 Å². The summed E-state index contributed by atoms with van der Waals surface area (Å²) in [6.07, 6.45) is 4.93. The second-order valence-corrected chi connectivity index (χ2v) is 5.50. The minimum atomic E-state index is -0.699. The van der Waals surface area contributed by atoms with E-state index in [0.29, 0.717) is 18.4 Å². The zero-order valence-corrected chi connectivity index (χ0v) is 10.7. The summed E-state index contributed by atoms with van der Waals surface area (Å²) in [7, 11) is 0. The summed E-state index contributed by atoms with van der Waals surface area (Å²) in [6, 6.07) is 0.302. The Morgan fingerprint density at radius 1 is 1.44 bits per heavy atom. The summed E-state index contributed by atoms with van der Waals surface area (Å²) in [4.78, 5) is 24.1. The van der Waals surface area contributed by atoms with E-state index in [9.17, 15) is 9.59 Å². The maximum Gasteiger partial charge on any atom is 0.303 e. The summed E-state index contributed by atoms with van der Waals surface area (Å²) < 4.78 is 0. The zero-order valence-electron chi connectivity index (χ0n) is 10.7. The first-order chi connectivity index (χ1) is 8.63. The Balaban J connectivity index is 1.72. The number of amides is 1. The van der Waals surface area contributed by atoms with E-state index >= 15 is 0 Å². The molecule has 2 atom stereocenters. The summed E-state index contributed by atoms with van der Waals surface area (Å²) in [5.74, 6) is -0.0263. The van der Waals surface area contributed by atoms with Gasteiger partial charge in [0.2, 0.25) is 5.91 Å². The van der Waals surface area contributed by atoms with Gasteiger partial charge < -0.3 is 15.3 Å². The number of rotatable bonds is 5. The number of carbonyl (C=O) groups is 2. The van der Waals surface area contributed by atoms with Crippen molar-refractivity contribution >= 4 is 11.9 Å². The van der Waals surface area contributed by atoms with E-state index in [1.54, 1.807) is 0 Å². The van der Waals surface area contributed by atoms with E-state index in [1.165, 1.54) is 0 Å². The van der Waals surface area contributed by atoms with E-state index in [4.69, 9.17) is 5.11 Å². The SMILES string of the molecule is O=C(O)CCC1CCCN(CC2CCC(=O)N2)C1. The third kappa shape index (κ3) is 3.98. The molecule has 2 saturated heterocycles. The van der Waals surface area contributed by atoms with E-state index in [-0.39, 0.29) is 12.3 Å². The Labute approximate surface area is 108 Å². The van der Waals surface area contributed by atoms with Crippen molar-refractivity contribution in [3.63, 3.8) is 0 Å². The quantitative estimate of drug-likeness (QED) is 0.763. The molecule has 2 aliphatic heterocycles. The van der Waals surface area contributed by atoms with Crippen molar-refractivity contribution in [2.75, 3.05) is 19.6 Å². The molecule has 5 heteroatoms. The largest absolute Gasteiger partial charge is 0.481 e. The molecule has 102 valence electrons. The molecule has 0 radical (unpaired) electrons. The fraction of sp³-hybridized carbons (Fsp3) is 0.846. The second-order valence-electron chi connectivity index (χ2n) is 5.50. The fourth-order valence-electron chi connectivity index (χ4n) is 3.01. The van der Waals surface area contributed by atoms with Crippen molar-refractivity contribution < 1.29 is 14.7 Å². The number of likely N-dealkylation sites (tertiary alicyclic amines) is 1. The monoisotopic (exact) mass is 254 g/mol. The van der Waals surface area contributed by atoms with Crippen LogP contribution in [-0.4, -0.2) is 47.6 Å². The van der Waals surface area contributed by atoms with Gasteiger partial charge in [0.05, 0.1) is 0 Å². The highest BCUT2D eigenvalue weighted by atomic mass is 16.4. The molecule has 0 bridgehead atoms. The lowest BCUT2D eigenvalue weighted by atomic mass is 9.93. The van der Waals surface area contributed by atoms with Gasteiger partial charge in [0.25, 0.3) is 0 Å². The molecule has 2 unspecified atom stereocenters. The first kappa shape index (κ1) is 13.3. The lowest BCUT2D eigenvalue weighted by Gasteiger charge is -2.34. The van der Waals surface area contributed by atoms with Gasteiger partial charge in [0.1, 0.15) is 0 Å². The van der Waals surface area contributed by atoms with Crippen LogP contribution in [-0.2, 0) is 9.59 Å². The number of hydrogen-bond donors (Lipinski definition) is 2. The summed E-state index contributed by atoms with van der Waals surface area (Å²) in [5, 5.41) is 11.7. The lowest BCUT2D eigenvalue weighted by molar-refractivity contribution is -0.137. The van der Waals surface area contributed by atoms with Crippen molar-refractivity contribution in [3.05, 3.63) is 0 Å². The molecule has 0 spiro atoms. The van der Waals surface area contributed by atoms with E-state index in [1.807, 2.05) is 0 Å². The molecule has 2 N–H and O–H groups in total. The molecule has 2 heterocycles. The lowest BCUT2D eigenvalue weighted by Crippen LogP contribution is -2.43. The molecule has 0 aromatic heterocycles. The number of piperidine rings is 1. The molecule has 2 aliphatic rings. The molecule has 2 rings (SSSR count). The number of nitrogens with zero attached hydrogens (tertiary/aromatic N) is 1. The average molecular weight is 254 g/mol. The molecule has 0 aliphatic carbocycles. The minimum Gasteiger partial charge on any atom is -0.481 e. The van der Waals surface area contributed by atoms with Gasteiger partial charge in [-0.05, 0) is 38.1 Å². The summed E-state index contributed by atoms with van der Waals surface area (Å²) >= 11 is 0. The van der Waals surface area contributed by atoms with E-state index < -0.39 is 5.97 Å². The zero-order chi connectivity index (χ0) is 13.0. The number of nitrogens with one attached hydrogen (secondary N) is 1. The number of carboxylic acid groups (broad SMARTS) is 1. The molecule has 18 heavy (non-hydrogen) atoms. The minimum absolute atomic E-state index is 0.166. The summed E-state index contributed by atoms with van der Waals surface area (Å²) in [6.45, 7) is 2.99. The van der Waals surface area contributed by atoms with Crippen molar-refractivity contribution in [3.8, 4) is 0 Å².